The lowest BCUT2D eigenvalue weighted by atomic mass is 10.1. The van der Waals surface area contributed by atoms with E-state index in [1.165, 1.54) is 6.34 Å². The highest BCUT2D eigenvalue weighted by Crippen LogP contribution is 2.23. The Labute approximate surface area is 191 Å². The van der Waals surface area contributed by atoms with Crippen LogP contribution in [0, 0.1) is 0 Å². The summed E-state index contributed by atoms with van der Waals surface area (Å²) in [7, 11) is 0. The Hall–Kier alpha value is -3.74. The molecule has 6 nitrogen and oxygen atoms in total. The molecule has 0 unspecified atom stereocenters. The fourth-order valence-electron chi connectivity index (χ4n) is 3.20. The number of aromatic amines is 1. The van der Waals surface area contributed by atoms with Crippen molar-refractivity contribution in [3.63, 3.8) is 0 Å². The number of anilines is 1. The molecule has 0 spiro atoms. The topological polar surface area (TPSA) is 73.4 Å². The van der Waals surface area contributed by atoms with Crippen LogP contribution in [-0.2, 0) is 6.42 Å². The van der Waals surface area contributed by atoms with E-state index in [-0.39, 0.29) is 5.91 Å². The van der Waals surface area contributed by atoms with Crippen molar-refractivity contribution >= 4 is 29.5 Å². The minimum Gasteiger partial charge on any atom is -0.348 e. The zero-order valence-corrected chi connectivity index (χ0v) is 18.0. The number of nitrogens with zero attached hydrogens (tertiary/aromatic N) is 3. The van der Waals surface area contributed by atoms with E-state index in [9.17, 15) is 4.79 Å². The van der Waals surface area contributed by atoms with Crippen LogP contribution >= 0.6 is 11.6 Å². The number of hydrogen-bond donors (Lipinski definition) is 2. The van der Waals surface area contributed by atoms with Gasteiger partial charge in [-0.25, -0.2) is 10.4 Å². The predicted molar refractivity (Wildman–Crippen MR) is 129 cm³/mol. The number of hydrogen-bond acceptors (Lipinski definition) is 3. The van der Waals surface area contributed by atoms with Crippen LogP contribution in [0.5, 0.6) is 0 Å². The second-order valence-corrected chi connectivity index (χ2v) is 7.52. The van der Waals surface area contributed by atoms with Gasteiger partial charge in [0.25, 0.3) is 5.91 Å². The Morgan fingerprint density at radius 3 is 2.62 bits per heavy atom. The van der Waals surface area contributed by atoms with Crippen molar-refractivity contribution in [1.29, 1.82) is 0 Å². The lowest BCUT2D eigenvalue weighted by molar-refractivity contribution is 0.100. The number of aromatic nitrogens is 2. The van der Waals surface area contributed by atoms with Crippen LogP contribution in [0.2, 0.25) is 5.02 Å². The van der Waals surface area contributed by atoms with E-state index in [1.807, 2.05) is 30.3 Å². The zero-order chi connectivity index (χ0) is 22.2. The Morgan fingerprint density at radius 1 is 1.03 bits per heavy atom. The molecule has 0 radical (unpaired) electrons. The molecule has 1 aromatic heterocycles. The van der Waals surface area contributed by atoms with Crippen molar-refractivity contribution in [2.45, 2.75) is 6.42 Å². The lowest BCUT2D eigenvalue weighted by Gasteiger charge is -2.21. The molecule has 7 heteroatoms. The second-order valence-electron chi connectivity index (χ2n) is 7.08. The standard InChI is InChI=1S/C25H22ClN5O/c26-22-10-4-9-21(14-22)25(32)29-18-31(30-13-12-23-16-27-17-28-23)24-11-5-8-20(15-24)19-6-2-1-3-7-19/h1-11,14-18,30H,12-13H2,(H,27,28). The van der Waals surface area contributed by atoms with Gasteiger partial charge >= 0.3 is 0 Å². The van der Waals surface area contributed by atoms with Crippen LogP contribution in [0.1, 0.15) is 16.1 Å². The van der Waals surface area contributed by atoms with Gasteiger partial charge in [0.05, 0.1) is 12.0 Å². The molecule has 1 heterocycles. The minimum absolute atomic E-state index is 0.368. The highest BCUT2D eigenvalue weighted by Gasteiger charge is 2.09. The van der Waals surface area contributed by atoms with E-state index >= 15 is 0 Å². The van der Waals surface area contributed by atoms with E-state index < -0.39 is 0 Å². The lowest BCUT2D eigenvalue weighted by Crippen LogP contribution is -2.38. The van der Waals surface area contributed by atoms with Crippen LogP contribution < -0.4 is 10.4 Å². The Bertz CT molecular complexity index is 1190. The third kappa shape index (κ3) is 5.69. The van der Waals surface area contributed by atoms with Gasteiger partial charge in [-0.2, -0.15) is 4.99 Å². The Morgan fingerprint density at radius 2 is 1.84 bits per heavy atom. The highest BCUT2D eigenvalue weighted by atomic mass is 35.5. The van der Waals surface area contributed by atoms with E-state index in [1.54, 1.807) is 41.8 Å². The maximum atomic E-state index is 12.6. The smallest absolute Gasteiger partial charge is 0.278 e. The van der Waals surface area contributed by atoms with Crippen LogP contribution in [0.3, 0.4) is 0 Å². The largest absolute Gasteiger partial charge is 0.348 e. The molecule has 4 rings (SSSR count). The van der Waals surface area contributed by atoms with Crippen molar-refractivity contribution in [1.82, 2.24) is 15.4 Å². The molecule has 160 valence electrons. The molecule has 0 aliphatic rings. The van der Waals surface area contributed by atoms with Gasteiger partial charge in [-0.05, 0) is 41.5 Å². The quantitative estimate of drug-likeness (QED) is 0.224. The van der Waals surface area contributed by atoms with Gasteiger partial charge in [-0.15, -0.1) is 0 Å². The number of rotatable bonds is 8. The number of imidazole rings is 1. The molecule has 0 aliphatic carbocycles. The molecule has 0 saturated carbocycles. The molecule has 3 aromatic carbocycles. The van der Waals surface area contributed by atoms with Gasteiger partial charge in [0.2, 0.25) is 0 Å². The molecule has 0 bridgehead atoms. The van der Waals surface area contributed by atoms with Gasteiger partial charge in [-0.3, -0.25) is 9.80 Å². The van der Waals surface area contributed by atoms with Crippen LogP contribution in [0.4, 0.5) is 5.69 Å². The third-order valence-electron chi connectivity index (χ3n) is 4.82. The summed E-state index contributed by atoms with van der Waals surface area (Å²) in [6.45, 7) is 0.620. The summed E-state index contributed by atoms with van der Waals surface area (Å²) in [6, 6.07) is 24.9. The Balaban J connectivity index is 1.56. The second kappa shape index (κ2) is 10.5. The molecular weight excluding hydrogens is 422 g/mol. The SMILES string of the molecule is O=C(N=CN(NCCc1cnc[nH]1)c1cccc(-c2ccccc2)c1)c1cccc(Cl)c1. The number of aliphatic imine (C=N–C) groups is 1. The van der Waals surface area contributed by atoms with Gasteiger partial charge in [0, 0.05) is 35.4 Å². The number of carbonyl (C=O) groups excluding carboxylic acids is 1. The summed E-state index contributed by atoms with van der Waals surface area (Å²) in [6.07, 6.45) is 5.69. The molecular formula is C25H22ClN5O. The van der Waals surface area contributed by atoms with Gasteiger partial charge in [-0.1, -0.05) is 60.1 Å². The first-order valence-electron chi connectivity index (χ1n) is 10.2. The summed E-state index contributed by atoms with van der Waals surface area (Å²) >= 11 is 6.01. The molecule has 0 aliphatic heterocycles. The summed E-state index contributed by atoms with van der Waals surface area (Å²) in [5, 5.41) is 2.25. The fraction of sp³-hybridized carbons (Fsp3) is 0.0800. The van der Waals surface area contributed by atoms with Crippen molar-refractivity contribution < 1.29 is 4.79 Å². The van der Waals surface area contributed by atoms with Crippen molar-refractivity contribution in [3.8, 4) is 11.1 Å². The van der Waals surface area contributed by atoms with E-state index in [4.69, 9.17) is 11.6 Å². The highest BCUT2D eigenvalue weighted by molar-refractivity contribution is 6.31. The van der Waals surface area contributed by atoms with Crippen LogP contribution in [-0.4, -0.2) is 28.8 Å². The maximum Gasteiger partial charge on any atom is 0.278 e. The molecule has 0 fully saturated rings. The van der Waals surface area contributed by atoms with Crippen molar-refractivity contribution in [3.05, 3.63) is 108 Å². The monoisotopic (exact) mass is 443 g/mol. The van der Waals surface area contributed by atoms with E-state index in [0.29, 0.717) is 17.1 Å². The van der Waals surface area contributed by atoms with Gasteiger partial charge < -0.3 is 4.98 Å². The number of carbonyl (C=O) groups is 1. The molecule has 32 heavy (non-hydrogen) atoms. The molecule has 0 saturated heterocycles. The van der Waals surface area contributed by atoms with E-state index in [2.05, 4.69) is 44.7 Å². The maximum absolute atomic E-state index is 12.6. The first-order valence-corrected chi connectivity index (χ1v) is 10.6. The number of benzene rings is 3. The summed E-state index contributed by atoms with van der Waals surface area (Å²) < 4.78 is 0. The number of halogens is 1. The molecule has 1 amide bonds. The number of H-pyrrole nitrogens is 1. The molecule has 2 N–H and O–H groups in total. The summed E-state index contributed by atoms with van der Waals surface area (Å²) in [4.78, 5) is 23.8. The number of amides is 1. The normalized spacial score (nSPS) is 11.0. The first kappa shape index (κ1) is 21.5. The molecule has 4 aromatic rings. The predicted octanol–water partition coefficient (Wildman–Crippen LogP) is 5.15. The third-order valence-corrected chi connectivity index (χ3v) is 5.06. The van der Waals surface area contributed by atoms with Gasteiger partial charge in [0.1, 0.15) is 6.34 Å². The van der Waals surface area contributed by atoms with E-state index in [0.717, 1.165) is 28.9 Å². The average molecular weight is 444 g/mol. The van der Waals surface area contributed by atoms with Gasteiger partial charge in [0.15, 0.2) is 0 Å². The fourth-order valence-corrected chi connectivity index (χ4v) is 3.39. The van der Waals surface area contributed by atoms with Crippen molar-refractivity contribution in [2.24, 2.45) is 4.99 Å². The summed E-state index contributed by atoms with van der Waals surface area (Å²) in [5.41, 5.74) is 7.82. The van der Waals surface area contributed by atoms with Crippen LogP contribution in [0.25, 0.3) is 11.1 Å². The average Bonchev–Trinajstić information content (AvgIpc) is 3.35. The minimum atomic E-state index is -0.368. The first-order chi connectivity index (χ1) is 15.7. The summed E-state index contributed by atoms with van der Waals surface area (Å²) in [5.74, 6) is -0.368. The molecule has 0 atom stereocenters. The number of nitrogens with one attached hydrogen (secondary N) is 2. The number of hydrazine groups is 1. The van der Waals surface area contributed by atoms with Crippen molar-refractivity contribution in [2.75, 3.05) is 11.6 Å². The van der Waals surface area contributed by atoms with Crippen LogP contribution in [0.15, 0.2) is 96.4 Å². The Kier molecular flexibility index (Phi) is 7.07. The zero-order valence-electron chi connectivity index (χ0n) is 17.3.